The third kappa shape index (κ3) is 4.99. The topological polar surface area (TPSA) is 55.4 Å². The number of hydrogen-bond donors (Lipinski definition) is 1. The minimum atomic E-state index is -0.547. The van der Waals surface area contributed by atoms with Gasteiger partial charge in [0.05, 0.1) is 6.04 Å². The second kappa shape index (κ2) is 5.82. The lowest BCUT2D eigenvalue weighted by Gasteiger charge is -2.22. The van der Waals surface area contributed by atoms with E-state index in [9.17, 15) is 9.59 Å². The van der Waals surface area contributed by atoms with Gasteiger partial charge >= 0.3 is 6.09 Å². The summed E-state index contributed by atoms with van der Waals surface area (Å²) in [4.78, 5) is 23.0. The van der Waals surface area contributed by atoms with Crippen LogP contribution in [0.25, 0.3) is 0 Å². The van der Waals surface area contributed by atoms with Crippen molar-refractivity contribution < 1.29 is 14.3 Å². The summed E-state index contributed by atoms with van der Waals surface area (Å²) in [7, 11) is 0. The molecule has 4 nitrogen and oxygen atoms in total. The van der Waals surface area contributed by atoms with Crippen LogP contribution in [0.3, 0.4) is 0 Å². The molecule has 0 aliphatic rings. The van der Waals surface area contributed by atoms with Crippen molar-refractivity contribution in [3.8, 4) is 0 Å². The first-order valence-corrected chi connectivity index (χ1v) is 6.18. The van der Waals surface area contributed by atoms with E-state index in [1.807, 2.05) is 23.8 Å². The molecular weight excluding hydrogens is 238 g/mol. The monoisotopic (exact) mass is 254 g/mol. The number of alkyl carbamates (subject to hydrolysis) is 1. The quantitative estimate of drug-likeness (QED) is 0.898. The third-order valence-corrected chi connectivity index (χ3v) is 2.85. The van der Waals surface area contributed by atoms with Crippen molar-refractivity contribution in [2.45, 2.75) is 38.8 Å². The summed E-state index contributed by atoms with van der Waals surface area (Å²) < 4.78 is 5.14. The van der Waals surface area contributed by atoms with Crippen LogP contribution in [0.4, 0.5) is 4.79 Å². The number of nitrogens with one attached hydrogen (secondary N) is 1. The first kappa shape index (κ1) is 13.7. The van der Waals surface area contributed by atoms with Gasteiger partial charge in [0.25, 0.3) is 0 Å². The largest absolute Gasteiger partial charge is 0.444 e. The van der Waals surface area contributed by atoms with Gasteiger partial charge in [0.1, 0.15) is 5.60 Å². The number of ether oxygens (including phenoxy) is 1. The van der Waals surface area contributed by atoms with Crippen molar-refractivity contribution in [2.24, 2.45) is 0 Å². The van der Waals surface area contributed by atoms with E-state index in [-0.39, 0.29) is 12.5 Å². The zero-order valence-electron chi connectivity index (χ0n) is 10.1. The van der Waals surface area contributed by atoms with Crippen molar-refractivity contribution in [1.29, 1.82) is 0 Å². The fourth-order valence-electron chi connectivity index (χ4n) is 1.25. The first-order valence-electron chi connectivity index (χ1n) is 5.30. The van der Waals surface area contributed by atoms with Crippen LogP contribution in [-0.2, 0) is 9.53 Å². The molecule has 1 amide bonds. The molecule has 1 rings (SSSR count). The Bertz CT molecular complexity index is 368. The van der Waals surface area contributed by atoms with Crippen molar-refractivity contribution in [3.05, 3.63) is 22.4 Å². The number of carbonyl (C=O) groups excluding carboxylic acids is 2. The minimum absolute atomic E-state index is 0.125. The minimum Gasteiger partial charge on any atom is -0.444 e. The Kier molecular flexibility index (Phi) is 4.69. The smallest absolute Gasteiger partial charge is 0.408 e. The van der Waals surface area contributed by atoms with Crippen molar-refractivity contribution in [2.75, 3.05) is 0 Å². The van der Waals surface area contributed by atoms with E-state index in [4.69, 9.17) is 4.74 Å². The molecule has 1 atom stereocenters. The van der Waals surface area contributed by atoms with Gasteiger partial charge in [-0.1, -0.05) is 6.07 Å². The molecule has 0 fully saturated rings. The van der Waals surface area contributed by atoms with Crippen LogP contribution in [-0.4, -0.2) is 18.0 Å². The molecule has 0 spiro atoms. The Morgan fingerprint density at radius 2 is 2.29 bits per heavy atom. The Morgan fingerprint density at radius 3 is 2.76 bits per heavy atom. The van der Waals surface area contributed by atoms with Gasteiger partial charge in [-0.2, -0.15) is 0 Å². The molecule has 0 aliphatic carbocycles. The number of rotatable bonds is 4. The molecule has 1 aromatic heterocycles. The van der Waals surface area contributed by atoms with Crippen LogP contribution < -0.4 is 5.32 Å². The predicted octanol–water partition coefficient (Wildman–Crippen LogP) is 2.81. The number of hydrogen-bond acceptors (Lipinski definition) is 4. The van der Waals surface area contributed by atoms with Gasteiger partial charge in [-0.05, 0) is 32.2 Å². The van der Waals surface area contributed by atoms with E-state index in [1.165, 1.54) is 11.3 Å². The molecule has 0 saturated heterocycles. The fraction of sp³-hybridized carbons (Fsp3) is 0.500. The first-order chi connectivity index (χ1) is 7.92. The van der Waals surface area contributed by atoms with Crippen molar-refractivity contribution in [1.82, 2.24) is 5.32 Å². The summed E-state index contributed by atoms with van der Waals surface area (Å²) in [5, 5.41) is 4.56. The molecule has 1 heterocycles. The van der Waals surface area contributed by atoms with Crippen LogP contribution in [0.5, 0.6) is 0 Å². The molecule has 5 heteroatoms. The highest BCUT2D eigenvalue weighted by Crippen LogP contribution is 2.21. The summed E-state index contributed by atoms with van der Waals surface area (Å²) >= 11 is 1.48. The molecule has 0 aromatic carbocycles. The standard InChI is InChI=1S/C12H16NO3S/c1-12(2,3)16-11(15)13-9(6-7-14)10-5-4-8-17-10/h4-5,8-9H,6H2,1-3H3,(H,13,15). The Labute approximate surface area is 105 Å². The highest BCUT2D eigenvalue weighted by Gasteiger charge is 2.20. The second-order valence-electron chi connectivity index (χ2n) is 4.56. The maximum atomic E-state index is 11.6. The number of amides is 1. The average molecular weight is 254 g/mol. The van der Waals surface area contributed by atoms with Crippen molar-refractivity contribution >= 4 is 23.7 Å². The van der Waals surface area contributed by atoms with E-state index in [1.54, 1.807) is 20.8 Å². The lowest BCUT2D eigenvalue weighted by Crippen LogP contribution is -2.34. The summed E-state index contributed by atoms with van der Waals surface area (Å²) in [6.07, 6.45) is 1.41. The van der Waals surface area contributed by atoms with Gasteiger partial charge < -0.3 is 10.1 Å². The van der Waals surface area contributed by atoms with E-state index in [0.29, 0.717) is 0 Å². The SMILES string of the molecule is CC(C)(C)OC(=O)NC(C[C]=O)c1cccs1. The Balaban J connectivity index is 2.62. The zero-order valence-corrected chi connectivity index (χ0v) is 11.0. The summed E-state index contributed by atoms with van der Waals surface area (Å²) in [6, 6.07) is 3.38. The van der Waals surface area contributed by atoms with Crippen LogP contribution in [0.1, 0.15) is 38.1 Å². The second-order valence-corrected chi connectivity index (χ2v) is 5.54. The molecule has 0 bridgehead atoms. The number of carbonyl (C=O) groups is 1. The van der Waals surface area contributed by atoms with E-state index in [0.717, 1.165) is 4.88 Å². The highest BCUT2D eigenvalue weighted by atomic mass is 32.1. The lowest BCUT2D eigenvalue weighted by molar-refractivity contribution is 0.0506. The van der Waals surface area contributed by atoms with E-state index >= 15 is 0 Å². The fourth-order valence-corrected chi connectivity index (χ4v) is 2.02. The van der Waals surface area contributed by atoms with Crippen LogP contribution >= 0.6 is 11.3 Å². The molecule has 93 valence electrons. The van der Waals surface area contributed by atoms with E-state index in [2.05, 4.69) is 5.32 Å². The van der Waals surface area contributed by atoms with Crippen LogP contribution in [0, 0.1) is 0 Å². The molecule has 0 aliphatic heterocycles. The van der Waals surface area contributed by atoms with Crippen molar-refractivity contribution in [3.63, 3.8) is 0 Å². The van der Waals surface area contributed by atoms with Gasteiger partial charge in [-0.25, -0.2) is 4.79 Å². The maximum absolute atomic E-state index is 11.6. The van der Waals surface area contributed by atoms with Crippen LogP contribution in [0.2, 0.25) is 0 Å². The van der Waals surface area contributed by atoms with Crippen LogP contribution in [0.15, 0.2) is 17.5 Å². The Hall–Kier alpha value is -1.36. The van der Waals surface area contributed by atoms with Gasteiger partial charge in [-0.15, -0.1) is 11.3 Å². The molecule has 17 heavy (non-hydrogen) atoms. The molecule has 1 unspecified atom stereocenters. The van der Waals surface area contributed by atoms with E-state index < -0.39 is 11.7 Å². The molecule has 1 radical (unpaired) electrons. The van der Waals surface area contributed by atoms with Gasteiger partial charge in [0.2, 0.25) is 6.29 Å². The summed E-state index contributed by atoms with van der Waals surface area (Å²) in [5.74, 6) is 0. The van der Waals surface area contributed by atoms with Gasteiger partial charge in [0, 0.05) is 11.3 Å². The van der Waals surface area contributed by atoms with Gasteiger partial charge in [0.15, 0.2) is 0 Å². The molecule has 1 N–H and O–H groups in total. The average Bonchev–Trinajstić information content (AvgIpc) is 2.66. The molecule has 0 saturated carbocycles. The molecular formula is C12H16NO3S. The highest BCUT2D eigenvalue weighted by molar-refractivity contribution is 7.10. The maximum Gasteiger partial charge on any atom is 0.408 e. The Morgan fingerprint density at radius 1 is 1.59 bits per heavy atom. The lowest BCUT2D eigenvalue weighted by atomic mass is 10.2. The third-order valence-electron chi connectivity index (χ3n) is 1.87. The normalized spacial score (nSPS) is 12.9. The zero-order chi connectivity index (χ0) is 12.9. The predicted molar refractivity (Wildman–Crippen MR) is 66.7 cm³/mol. The molecule has 1 aromatic rings. The number of thiophene rings is 1. The van der Waals surface area contributed by atoms with Gasteiger partial charge in [-0.3, -0.25) is 4.79 Å². The summed E-state index contributed by atoms with van der Waals surface area (Å²) in [5.41, 5.74) is -0.547. The summed E-state index contributed by atoms with van der Waals surface area (Å²) in [6.45, 7) is 5.37.